The highest BCUT2D eigenvalue weighted by Gasteiger charge is 2.21. The van der Waals surface area contributed by atoms with E-state index in [1.807, 2.05) is 55.5 Å². The first kappa shape index (κ1) is 20.4. The maximum atomic E-state index is 12.6. The van der Waals surface area contributed by atoms with Gasteiger partial charge in [-0.1, -0.05) is 42.5 Å². The van der Waals surface area contributed by atoms with Crippen molar-refractivity contribution in [3.63, 3.8) is 0 Å². The van der Waals surface area contributed by atoms with E-state index in [0.29, 0.717) is 36.8 Å². The summed E-state index contributed by atoms with van der Waals surface area (Å²) in [4.78, 5) is 30.1. The van der Waals surface area contributed by atoms with E-state index < -0.39 is 0 Å². The smallest absolute Gasteiger partial charge is 0.410 e. The molecule has 1 unspecified atom stereocenters. The number of hydrogen-bond donors (Lipinski definition) is 1. The topological polar surface area (TPSA) is 80.8 Å². The Hall–Kier alpha value is -3.87. The van der Waals surface area contributed by atoms with Crippen LogP contribution in [0, 0.1) is 0 Å². The van der Waals surface area contributed by atoms with Crippen LogP contribution >= 0.6 is 0 Å². The van der Waals surface area contributed by atoms with Crippen LogP contribution in [0.3, 0.4) is 0 Å². The van der Waals surface area contributed by atoms with Gasteiger partial charge in [-0.2, -0.15) is 0 Å². The third-order valence-corrected chi connectivity index (χ3v) is 4.97. The molecule has 7 nitrogen and oxygen atoms in total. The molecule has 1 fully saturated rings. The molecule has 1 aromatic heterocycles. The van der Waals surface area contributed by atoms with Crippen LogP contribution in [0.5, 0.6) is 5.88 Å². The van der Waals surface area contributed by atoms with Crippen LogP contribution in [0.1, 0.15) is 34.5 Å². The van der Waals surface area contributed by atoms with E-state index >= 15 is 0 Å². The van der Waals surface area contributed by atoms with E-state index in [2.05, 4.69) is 10.3 Å². The number of carbonyl (C=O) groups is 2. The third kappa shape index (κ3) is 5.19. The van der Waals surface area contributed by atoms with Crippen LogP contribution < -0.4 is 10.1 Å². The Bertz CT molecular complexity index is 1050. The lowest BCUT2D eigenvalue weighted by Crippen LogP contribution is -2.23. The van der Waals surface area contributed by atoms with Gasteiger partial charge in [-0.25, -0.2) is 9.78 Å². The Morgan fingerprint density at radius 3 is 2.71 bits per heavy atom. The molecule has 0 bridgehead atoms. The van der Waals surface area contributed by atoms with Gasteiger partial charge in [0.1, 0.15) is 12.7 Å². The lowest BCUT2D eigenvalue weighted by atomic mass is 10.1. The summed E-state index contributed by atoms with van der Waals surface area (Å²) in [6.45, 7) is 3.37. The van der Waals surface area contributed by atoms with Crippen molar-refractivity contribution in [2.75, 3.05) is 18.5 Å². The fraction of sp³-hybridized carbons (Fsp3) is 0.208. The number of rotatable bonds is 7. The first-order chi connectivity index (χ1) is 15.1. The van der Waals surface area contributed by atoms with Crippen molar-refractivity contribution >= 4 is 17.7 Å². The summed E-state index contributed by atoms with van der Waals surface area (Å²) in [5.41, 5.74) is 3.03. The van der Waals surface area contributed by atoms with Crippen molar-refractivity contribution in [1.82, 2.24) is 9.88 Å². The van der Waals surface area contributed by atoms with Gasteiger partial charge in [-0.05, 0) is 36.2 Å². The second kappa shape index (κ2) is 9.30. The molecular weight excluding hydrogens is 394 g/mol. The van der Waals surface area contributed by atoms with Gasteiger partial charge in [0.15, 0.2) is 0 Å². The van der Waals surface area contributed by atoms with Crippen molar-refractivity contribution < 1.29 is 19.1 Å². The largest absolute Gasteiger partial charge is 0.470 e. The van der Waals surface area contributed by atoms with E-state index in [9.17, 15) is 9.59 Å². The number of benzene rings is 2. The Kier molecular flexibility index (Phi) is 6.12. The number of ether oxygens (including phenoxy) is 2. The molecule has 0 radical (unpaired) electrons. The average Bonchev–Trinajstić information content (AvgIpc) is 3.19. The van der Waals surface area contributed by atoms with Gasteiger partial charge < -0.3 is 19.7 Å². The maximum absolute atomic E-state index is 12.6. The molecule has 2 aromatic carbocycles. The number of nitrogens with zero attached hydrogens (tertiary/aromatic N) is 2. The highest BCUT2D eigenvalue weighted by molar-refractivity contribution is 6.04. The molecular formula is C24H23N3O4. The summed E-state index contributed by atoms with van der Waals surface area (Å²) in [7, 11) is 0. The molecule has 1 saturated heterocycles. The van der Waals surface area contributed by atoms with E-state index in [1.165, 1.54) is 6.20 Å². The average molecular weight is 417 g/mol. The summed E-state index contributed by atoms with van der Waals surface area (Å²) in [6, 6.07) is 20.6. The monoisotopic (exact) mass is 417 g/mol. The second-order valence-corrected chi connectivity index (χ2v) is 7.25. The quantitative estimate of drug-likeness (QED) is 0.615. The molecule has 1 aliphatic heterocycles. The number of amides is 2. The number of hydrogen-bond acceptors (Lipinski definition) is 5. The number of cyclic esters (lactones) is 1. The van der Waals surface area contributed by atoms with Crippen LogP contribution in [-0.4, -0.2) is 35.0 Å². The van der Waals surface area contributed by atoms with Gasteiger partial charge in [0.05, 0.1) is 12.1 Å². The van der Waals surface area contributed by atoms with Crippen LogP contribution in [0.25, 0.3) is 0 Å². The minimum Gasteiger partial charge on any atom is -0.470 e. The highest BCUT2D eigenvalue weighted by atomic mass is 16.6. The van der Waals surface area contributed by atoms with E-state index in [-0.39, 0.29) is 18.1 Å². The zero-order valence-electron chi connectivity index (χ0n) is 17.2. The first-order valence-corrected chi connectivity index (χ1v) is 10.1. The highest BCUT2D eigenvalue weighted by Crippen LogP contribution is 2.20. The molecule has 7 heteroatoms. The standard InChI is InChI=1S/C24H23N3O4/c1-17(19-7-3-2-4-8-19)31-22-11-10-20(15-25-22)23(28)26-21-9-5-6-18(14-21)16-27-12-13-30-24(27)29/h2-11,14-15,17H,12-13,16H2,1H3,(H,26,28). The molecule has 3 aromatic rings. The summed E-state index contributed by atoms with van der Waals surface area (Å²) < 4.78 is 10.8. The lowest BCUT2D eigenvalue weighted by molar-refractivity contribution is 0.102. The van der Waals surface area contributed by atoms with Gasteiger partial charge in [0.2, 0.25) is 5.88 Å². The van der Waals surface area contributed by atoms with Crippen molar-refractivity contribution in [3.8, 4) is 5.88 Å². The molecule has 158 valence electrons. The van der Waals surface area contributed by atoms with Crippen LogP contribution in [-0.2, 0) is 11.3 Å². The minimum absolute atomic E-state index is 0.149. The molecule has 1 aliphatic rings. The Morgan fingerprint density at radius 2 is 2.00 bits per heavy atom. The van der Waals surface area contributed by atoms with Gasteiger partial charge in [0.25, 0.3) is 5.91 Å². The normalized spacial score (nSPS) is 14.1. The number of nitrogens with one attached hydrogen (secondary N) is 1. The molecule has 0 saturated carbocycles. The van der Waals surface area contributed by atoms with Crippen molar-refractivity contribution in [2.24, 2.45) is 0 Å². The molecule has 31 heavy (non-hydrogen) atoms. The third-order valence-electron chi connectivity index (χ3n) is 4.97. The van der Waals surface area contributed by atoms with Crippen LogP contribution in [0.2, 0.25) is 0 Å². The zero-order valence-corrected chi connectivity index (χ0v) is 17.2. The molecule has 0 aliphatic carbocycles. The second-order valence-electron chi connectivity index (χ2n) is 7.25. The summed E-state index contributed by atoms with van der Waals surface area (Å²) in [6.07, 6.45) is 1.03. The van der Waals surface area contributed by atoms with Crippen molar-refractivity contribution in [1.29, 1.82) is 0 Å². The molecule has 0 spiro atoms. The molecule has 1 atom stereocenters. The molecule has 2 amide bonds. The summed E-state index contributed by atoms with van der Waals surface area (Å²) in [5, 5.41) is 2.87. The Morgan fingerprint density at radius 1 is 1.16 bits per heavy atom. The summed E-state index contributed by atoms with van der Waals surface area (Å²) in [5.74, 6) is 0.181. The fourth-order valence-corrected chi connectivity index (χ4v) is 3.30. The molecule has 4 rings (SSSR count). The van der Waals surface area contributed by atoms with Crippen LogP contribution in [0.15, 0.2) is 72.9 Å². The molecule has 2 heterocycles. The Labute approximate surface area is 180 Å². The van der Waals surface area contributed by atoms with Gasteiger partial charge in [-0.15, -0.1) is 0 Å². The van der Waals surface area contributed by atoms with Crippen LogP contribution in [0.4, 0.5) is 10.5 Å². The van der Waals surface area contributed by atoms with Gasteiger partial charge in [0, 0.05) is 24.5 Å². The predicted octanol–water partition coefficient (Wildman–Crippen LogP) is 4.43. The van der Waals surface area contributed by atoms with E-state index in [0.717, 1.165) is 11.1 Å². The molecule has 1 N–H and O–H groups in total. The maximum Gasteiger partial charge on any atom is 0.410 e. The van der Waals surface area contributed by atoms with Crippen molar-refractivity contribution in [2.45, 2.75) is 19.6 Å². The minimum atomic E-state index is -0.315. The van der Waals surface area contributed by atoms with E-state index in [1.54, 1.807) is 23.1 Å². The zero-order chi connectivity index (χ0) is 21.6. The Balaban J connectivity index is 1.36. The van der Waals surface area contributed by atoms with E-state index in [4.69, 9.17) is 9.47 Å². The number of aromatic nitrogens is 1. The lowest BCUT2D eigenvalue weighted by Gasteiger charge is -2.14. The van der Waals surface area contributed by atoms with Gasteiger partial charge in [-0.3, -0.25) is 4.79 Å². The number of carbonyl (C=O) groups excluding carboxylic acids is 2. The van der Waals surface area contributed by atoms with Gasteiger partial charge >= 0.3 is 6.09 Å². The predicted molar refractivity (Wildman–Crippen MR) is 116 cm³/mol. The summed E-state index contributed by atoms with van der Waals surface area (Å²) >= 11 is 0. The van der Waals surface area contributed by atoms with Crippen molar-refractivity contribution in [3.05, 3.63) is 89.6 Å². The fourth-order valence-electron chi connectivity index (χ4n) is 3.30. The number of pyridine rings is 1. The number of anilines is 1. The SMILES string of the molecule is CC(Oc1ccc(C(=O)Nc2cccc(CN3CCOC3=O)c2)cn1)c1ccccc1. The first-order valence-electron chi connectivity index (χ1n) is 10.1.